The van der Waals surface area contributed by atoms with Gasteiger partial charge in [0.15, 0.2) is 0 Å². The first-order chi connectivity index (χ1) is 9.62. The fourth-order valence-corrected chi connectivity index (χ4v) is 4.02. The van der Waals surface area contributed by atoms with Crippen LogP contribution in [0.1, 0.15) is 65.3 Å². The first-order valence-corrected chi connectivity index (χ1v) is 8.01. The zero-order valence-corrected chi connectivity index (χ0v) is 14.4. The van der Waals surface area contributed by atoms with E-state index in [-0.39, 0.29) is 0 Å². The van der Waals surface area contributed by atoms with Gasteiger partial charge in [0, 0.05) is 18.0 Å². The molecule has 0 amide bonds. The molecule has 118 valence electrons. The summed E-state index contributed by atoms with van der Waals surface area (Å²) in [6.45, 7) is 13.5. The Morgan fingerprint density at radius 2 is 1.71 bits per heavy atom. The molecule has 1 aliphatic carbocycles. The maximum absolute atomic E-state index is 6.02. The monoisotopic (exact) mass is 290 g/mol. The largest absolute Gasteiger partial charge is 0.383 e. The number of hydrogen-bond acceptors (Lipinski definition) is 4. The van der Waals surface area contributed by atoms with Crippen LogP contribution in [0.4, 0.5) is 11.6 Å². The molecule has 1 fully saturated rings. The number of nitrogens with two attached hydrogens (primary N) is 1. The van der Waals surface area contributed by atoms with Gasteiger partial charge in [-0.25, -0.2) is 9.97 Å². The van der Waals surface area contributed by atoms with Crippen LogP contribution in [-0.2, 0) is 6.42 Å². The van der Waals surface area contributed by atoms with Crippen molar-refractivity contribution in [3.05, 3.63) is 11.4 Å². The lowest BCUT2D eigenvalue weighted by molar-refractivity contribution is 0.105. The van der Waals surface area contributed by atoms with Crippen molar-refractivity contribution in [2.45, 2.75) is 73.3 Å². The second-order valence-corrected chi connectivity index (χ2v) is 8.11. The molecule has 0 spiro atoms. The summed E-state index contributed by atoms with van der Waals surface area (Å²) >= 11 is 0. The van der Waals surface area contributed by atoms with Gasteiger partial charge >= 0.3 is 0 Å². The first kappa shape index (κ1) is 16.1. The summed E-state index contributed by atoms with van der Waals surface area (Å²) in [5.74, 6) is 2.33. The standard InChI is InChI=1S/C17H30N4/c1-7-13-20-14(18)11(2)15(21-13)19-12-8-16(3,4)10-17(5,6)9-12/h12H,7-10H2,1-6H3,(H3,18,19,20,21). The van der Waals surface area contributed by atoms with Crippen molar-refractivity contribution in [3.8, 4) is 0 Å². The number of aryl methyl sites for hydroxylation is 1. The fraction of sp³-hybridized carbons (Fsp3) is 0.765. The third-order valence-corrected chi connectivity index (χ3v) is 4.44. The van der Waals surface area contributed by atoms with Gasteiger partial charge in [0.2, 0.25) is 0 Å². The van der Waals surface area contributed by atoms with Crippen molar-refractivity contribution < 1.29 is 0 Å². The SMILES string of the molecule is CCc1nc(N)c(C)c(NC2CC(C)(C)CC(C)(C)C2)n1. The summed E-state index contributed by atoms with van der Waals surface area (Å²) in [5.41, 5.74) is 7.70. The number of nitrogens with zero attached hydrogens (tertiary/aromatic N) is 2. The average molecular weight is 290 g/mol. The van der Waals surface area contributed by atoms with Crippen LogP contribution in [0.25, 0.3) is 0 Å². The predicted octanol–water partition coefficient (Wildman–Crippen LogP) is 3.95. The molecule has 0 aromatic carbocycles. The van der Waals surface area contributed by atoms with E-state index in [1.807, 2.05) is 6.92 Å². The Hall–Kier alpha value is -1.32. The maximum Gasteiger partial charge on any atom is 0.134 e. The molecule has 0 radical (unpaired) electrons. The van der Waals surface area contributed by atoms with Gasteiger partial charge in [-0.1, -0.05) is 34.6 Å². The van der Waals surface area contributed by atoms with Gasteiger partial charge in [-0.05, 0) is 37.0 Å². The van der Waals surface area contributed by atoms with Gasteiger partial charge in [-0.15, -0.1) is 0 Å². The number of aromatic nitrogens is 2. The van der Waals surface area contributed by atoms with E-state index in [0.717, 1.165) is 23.6 Å². The summed E-state index contributed by atoms with van der Waals surface area (Å²) in [4.78, 5) is 8.97. The van der Waals surface area contributed by atoms with Gasteiger partial charge < -0.3 is 11.1 Å². The van der Waals surface area contributed by atoms with Crippen LogP contribution < -0.4 is 11.1 Å². The van der Waals surface area contributed by atoms with Gasteiger partial charge in [-0.2, -0.15) is 0 Å². The lowest BCUT2D eigenvalue weighted by Crippen LogP contribution is -2.40. The van der Waals surface area contributed by atoms with E-state index in [1.54, 1.807) is 0 Å². The molecule has 0 atom stereocenters. The molecule has 0 unspecified atom stereocenters. The second kappa shape index (κ2) is 5.47. The minimum Gasteiger partial charge on any atom is -0.383 e. The molecule has 0 saturated heterocycles. The quantitative estimate of drug-likeness (QED) is 0.885. The van der Waals surface area contributed by atoms with Crippen LogP contribution in [0, 0.1) is 17.8 Å². The molecule has 4 heteroatoms. The topological polar surface area (TPSA) is 63.8 Å². The van der Waals surface area contributed by atoms with Crippen molar-refractivity contribution >= 4 is 11.6 Å². The summed E-state index contributed by atoms with van der Waals surface area (Å²) in [7, 11) is 0. The van der Waals surface area contributed by atoms with Crippen LogP contribution in [0.5, 0.6) is 0 Å². The highest BCUT2D eigenvalue weighted by Crippen LogP contribution is 2.46. The Morgan fingerprint density at radius 1 is 1.14 bits per heavy atom. The minimum absolute atomic E-state index is 0.361. The highest BCUT2D eigenvalue weighted by atomic mass is 15.1. The van der Waals surface area contributed by atoms with E-state index in [0.29, 0.717) is 22.7 Å². The van der Waals surface area contributed by atoms with Crippen LogP contribution >= 0.6 is 0 Å². The Balaban J connectivity index is 2.23. The number of anilines is 2. The number of nitrogens with one attached hydrogen (secondary N) is 1. The average Bonchev–Trinajstić information content (AvgIpc) is 2.30. The van der Waals surface area contributed by atoms with Gasteiger partial charge in [0.25, 0.3) is 0 Å². The van der Waals surface area contributed by atoms with Crippen LogP contribution in [0.3, 0.4) is 0 Å². The maximum atomic E-state index is 6.02. The van der Waals surface area contributed by atoms with E-state index >= 15 is 0 Å². The highest BCUT2D eigenvalue weighted by Gasteiger charge is 2.38. The summed E-state index contributed by atoms with van der Waals surface area (Å²) in [5, 5.41) is 3.64. The van der Waals surface area contributed by atoms with E-state index < -0.39 is 0 Å². The molecule has 1 heterocycles. The van der Waals surface area contributed by atoms with Crippen LogP contribution in [-0.4, -0.2) is 16.0 Å². The van der Waals surface area contributed by atoms with Crippen LogP contribution in [0.15, 0.2) is 0 Å². The lowest BCUT2D eigenvalue weighted by atomic mass is 9.63. The molecule has 1 saturated carbocycles. The van der Waals surface area contributed by atoms with E-state index in [2.05, 4.69) is 49.9 Å². The number of hydrogen-bond donors (Lipinski definition) is 2. The summed E-state index contributed by atoms with van der Waals surface area (Å²) < 4.78 is 0. The van der Waals surface area contributed by atoms with Crippen molar-refractivity contribution in [1.29, 1.82) is 0 Å². The van der Waals surface area contributed by atoms with Gasteiger partial charge in [0.1, 0.15) is 17.5 Å². The molecule has 0 aliphatic heterocycles. The normalized spacial score (nSPS) is 21.2. The van der Waals surface area contributed by atoms with E-state index in [4.69, 9.17) is 5.73 Å². The summed E-state index contributed by atoms with van der Waals surface area (Å²) in [6, 6.07) is 0.446. The van der Waals surface area contributed by atoms with Gasteiger partial charge in [0.05, 0.1) is 0 Å². The van der Waals surface area contributed by atoms with Crippen molar-refractivity contribution in [3.63, 3.8) is 0 Å². The zero-order chi connectivity index (χ0) is 15.8. The van der Waals surface area contributed by atoms with Crippen molar-refractivity contribution in [2.75, 3.05) is 11.1 Å². The molecule has 21 heavy (non-hydrogen) atoms. The minimum atomic E-state index is 0.361. The molecule has 4 nitrogen and oxygen atoms in total. The highest BCUT2D eigenvalue weighted by molar-refractivity contribution is 5.55. The number of rotatable bonds is 3. The molecule has 1 aromatic heterocycles. The second-order valence-electron chi connectivity index (χ2n) is 8.11. The Bertz CT molecular complexity index is 504. The zero-order valence-electron chi connectivity index (χ0n) is 14.4. The van der Waals surface area contributed by atoms with Crippen LogP contribution in [0.2, 0.25) is 0 Å². The Labute approximate surface area is 128 Å². The molecule has 0 bridgehead atoms. The molecular formula is C17H30N4. The van der Waals surface area contributed by atoms with E-state index in [1.165, 1.54) is 19.3 Å². The van der Waals surface area contributed by atoms with Crippen molar-refractivity contribution in [2.24, 2.45) is 10.8 Å². The summed E-state index contributed by atoms with van der Waals surface area (Å²) in [6.07, 6.45) is 4.41. The third kappa shape index (κ3) is 3.86. The van der Waals surface area contributed by atoms with Gasteiger partial charge in [-0.3, -0.25) is 0 Å². The van der Waals surface area contributed by atoms with Crippen molar-refractivity contribution in [1.82, 2.24) is 9.97 Å². The smallest absolute Gasteiger partial charge is 0.134 e. The predicted molar refractivity (Wildman–Crippen MR) is 89.4 cm³/mol. The fourth-order valence-electron chi connectivity index (χ4n) is 4.02. The molecule has 3 N–H and O–H groups in total. The Morgan fingerprint density at radius 3 is 2.24 bits per heavy atom. The first-order valence-electron chi connectivity index (χ1n) is 8.01. The molecule has 1 aliphatic rings. The molecular weight excluding hydrogens is 260 g/mol. The third-order valence-electron chi connectivity index (χ3n) is 4.44. The lowest BCUT2D eigenvalue weighted by Gasteiger charge is -2.45. The Kier molecular flexibility index (Phi) is 4.18. The number of nitrogen functional groups attached to an aromatic ring is 1. The van der Waals surface area contributed by atoms with E-state index in [9.17, 15) is 0 Å². The molecule has 2 rings (SSSR count). The molecule has 1 aromatic rings.